The van der Waals surface area contributed by atoms with Gasteiger partial charge < -0.3 is 5.32 Å². The molecule has 0 aliphatic heterocycles. The van der Waals surface area contributed by atoms with Crippen molar-refractivity contribution in [2.24, 2.45) is 5.92 Å². The van der Waals surface area contributed by atoms with E-state index in [0.29, 0.717) is 6.04 Å². The van der Waals surface area contributed by atoms with E-state index in [2.05, 4.69) is 33.0 Å². The van der Waals surface area contributed by atoms with Crippen LogP contribution in [0.1, 0.15) is 41.5 Å². The van der Waals surface area contributed by atoms with E-state index in [-0.39, 0.29) is 0 Å². The molecule has 0 aliphatic carbocycles. The Morgan fingerprint density at radius 2 is 1.50 bits per heavy atom. The minimum absolute atomic E-state index is 0.667. The molecule has 64 valence electrons. The Balaban J connectivity index is 0. The van der Waals surface area contributed by atoms with Crippen molar-refractivity contribution in [1.29, 1.82) is 0 Å². The van der Waals surface area contributed by atoms with Gasteiger partial charge in [0.15, 0.2) is 0 Å². The molecule has 0 bridgehead atoms. The lowest BCUT2D eigenvalue weighted by atomic mass is 10.1. The van der Waals surface area contributed by atoms with Crippen molar-refractivity contribution in [2.75, 3.05) is 6.54 Å². The van der Waals surface area contributed by atoms with Crippen LogP contribution < -0.4 is 5.32 Å². The zero-order valence-electron chi connectivity index (χ0n) is 8.36. The predicted molar refractivity (Wildman–Crippen MR) is 49.3 cm³/mol. The molecule has 0 saturated heterocycles. The molecule has 1 nitrogen and oxygen atoms in total. The van der Waals surface area contributed by atoms with E-state index in [0.717, 1.165) is 12.5 Å². The second kappa shape index (κ2) is 8.96. The van der Waals surface area contributed by atoms with Gasteiger partial charge in [-0.15, -0.1) is 0 Å². The highest BCUT2D eigenvalue weighted by atomic mass is 14.9. The van der Waals surface area contributed by atoms with Crippen molar-refractivity contribution < 1.29 is 0 Å². The van der Waals surface area contributed by atoms with Crippen molar-refractivity contribution in [2.45, 2.75) is 47.6 Å². The van der Waals surface area contributed by atoms with Gasteiger partial charge in [0.05, 0.1) is 0 Å². The summed E-state index contributed by atoms with van der Waals surface area (Å²) in [6.07, 6.45) is 0. The van der Waals surface area contributed by atoms with Crippen molar-refractivity contribution in [3.05, 3.63) is 0 Å². The van der Waals surface area contributed by atoms with E-state index in [1.165, 1.54) is 0 Å². The topological polar surface area (TPSA) is 12.0 Å². The van der Waals surface area contributed by atoms with Gasteiger partial charge in [-0.2, -0.15) is 0 Å². The van der Waals surface area contributed by atoms with Crippen LogP contribution in [-0.4, -0.2) is 12.6 Å². The maximum Gasteiger partial charge on any atom is 0.00616 e. The van der Waals surface area contributed by atoms with Crippen LogP contribution in [0.2, 0.25) is 0 Å². The third-order valence-corrected chi connectivity index (χ3v) is 1.53. The fourth-order valence-electron chi connectivity index (χ4n) is 0.558. The first-order chi connectivity index (χ1) is 4.68. The summed E-state index contributed by atoms with van der Waals surface area (Å²) >= 11 is 0. The monoisotopic (exact) mass is 145 g/mol. The molecule has 0 spiro atoms. The van der Waals surface area contributed by atoms with Gasteiger partial charge in [0.25, 0.3) is 0 Å². The van der Waals surface area contributed by atoms with E-state index < -0.39 is 0 Å². The van der Waals surface area contributed by atoms with Crippen LogP contribution in [0.3, 0.4) is 0 Å². The van der Waals surface area contributed by atoms with Gasteiger partial charge in [-0.3, -0.25) is 0 Å². The maximum atomic E-state index is 3.34. The highest BCUT2D eigenvalue weighted by molar-refractivity contribution is 4.61. The predicted octanol–water partition coefficient (Wildman–Crippen LogP) is 2.67. The molecule has 0 heterocycles. The first-order valence-corrected chi connectivity index (χ1v) is 4.41. The molecular formula is C9H23N. The Hall–Kier alpha value is -0.0400. The fraction of sp³-hybridized carbons (Fsp3) is 1.00. The van der Waals surface area contributed by atoms with Crippen molar-refractivity contribution in [3.8, 4) is 0 Å². The van der Waals surface area contributed by atoms with Gasteiger partial charge in [0, 0.05) is 6.04 Å². The van der Waals surface area contributed by atoms with Gasteiger partial charge in [-0.25, -0.2) is 0 Å². The molecule has 0 fully saturated rings. The molecule has 0 aromatic heterocycles. The number of hydrogen-bond donors (Lipinski definition) is 1. The Bertz CT molecular complexity index is 50.7. The number of rotatable bonds is 3. The fourth-order valence-corrected chi connectivity index (χ4v) is 0.558. The molecule has 10 heavy (non-hydrogen) atoms. The molecule has 0 amide bonds. The van der Waals surface area contributed by atoms with Crippen LogP contribution in [0, 0.1) is 5.92 Å². The highest BCUT2D eigenvalue weighted by Crippen LogP contribution is 1.97. The van der Waals surface area contributed by atoms with Crippen molar-refractivity contribution in [3.63, 3.8) is 0 Å². The molecular weight excluding hydrogens is 122 g/mol. The lowest BCUT2D eigenvalue weighted by Crippen LogP contribution is -2.30. The average Bonchev–Trinajstić information content (AvgIpc) is 1.93. The molecule has 0 aromatic rings. The molecule has 0 aliphatic rings. The van der Waals surface area contributed by atoms with Gasteiger partial charge in [-0.05, 0) is 19.4 Å². The molecule has 0 saturated carbocycles. The van der Waals surface area contributed by atoms with Crippen LogP contribution >= 0.6 is 0 Å². The minimum Gasteiger partial charge on any atom is -0.314 e. The summed E-state index contributed by atoms with van der Waals surface area (Å²) in [7, 11) is 0. The smallest absolute Gasteiger partial charge is 0.00616 e. The summed E-state index contributed by atoms with van der Waals surface area (Å²) < 4.78 is 0. The Morgan fingerprint density at radius 1 is 1.10 bits per heavy atom. The number of nitrogens with one attached hydrogen (secondary N) is 1. The summed E-state index contributed by atoms with van der Waals surface area (Å²) in [5.74, 6) is 0.759. The van der Waals surface area contributed by atoms with Gasteiger partial charge >= 0.3 is 0 Å². The normalized spacial score (nSPS) is 12.3. The van der Waals surface area contributed by atoms with E-state index in [1.54, 1.807) is 0 Å². The lowest BCUT2D eigenvalue weighted by molar-refractivity contribution is 0.437. The highest BCUT2D eigenvalue weighted by Gasteiger charge is 2.02. The molecule has 0 radical (unpaired) electrons. The maximum absolute atomic E-state index is 3.34. The van der Waals surface area contributed by atoms with E-state index in [1.807, 2.05) is 13.8 Å². The van der Waals surface area contributed by atoms with Crippen LogP contribution in [0.5, 0.6) is 0 Å². The molecule has 1 atom stereocenters. The molecule has 0 rings (SSSR count). The largest absolute Gasteiger partial charge is 0.314 e. The molecule has 1 heteroatoms. The Kier molecular flexibility index (Phi) is 11.3. The standard InChI is InChI=1S/C7H17N.C2H6/c1-5-8-7(4)6(2)3;1-2/h6-8H,5H2,1-4H3;1-2H3. The van der Waals surface area contributed by atoms with E-state index >= 15 is 0 Å². The Labute approximate surface area is 66.2 Å². The van der Waals surface area contributed by atoms with Crippen molar-refractivity contribution >= 4 is 0 Å². The Morgan fingerprint density at radius 3 is 1.60 bits per heavy atom. The SMILES string of the molecule is CC.CCNC(C)C(C)C. The summed E-state index contributed by atoms with van der Waals surface area (Å²) in [6.45, 7) is 13.9. The lowest BCUT2D eigenvalue weighted by Gasteiger charge is -2.15. The second-order valence-corrected chi connectivity index (χ2v) is 2.59. The van der Waals surface area contributed by atoms with E-state index in [4.69, 9.17) is 0 Å². The first-order valence-electron chi connectivity index (χ1n) is 4.41. The minimum atomic E-state index is 0.667. The quantitative estimate of drug-likeness (QED) is 0.644. The summed E-state index contributed by atoms with van der Waals surface area (Å²) in [6, 6.07) is 0.667. The molecule has 1 unspecified atom stereocenters. The third kappa shape index (κ3) is 7.96. The van der Waals surface area contributed by atoms with Crippen LogP contribution in [0.25, 0.3) is 0 Å². The zero-order valence-corrected chi connectivity index (χ0v) is 8.36. The first kappa shape index (κ1) is 12.6. The zero-order chi connectivity index (χ0) is 8.57. The summed E-state index contributed by atoms with van der Waals surface area (Å²) in [5.41, 5.74) is 0. The van der Waals surface area contributed by atoms with Gasteiger partial charge in [-0.1, -0.05) is 34.6 Å². The molecule has 0 aromatic carbocycles. The van der Waals surface area contributed by atoms with E-state index in [9.17, 15) is 0 Å². The van der Waals surface area contributed by atoms with Gasteiger partial charge in [0.1, 0.15) is 0 Å². The third-order valence-electron chi connectivity index (χ3n) is 1.53. The van der Waals surface area contributed by atoms with Crippen LogP contribution in [-0.2, 0) is 0 Å². The van der Waals surface area contributed by atoms with Gasteiger partial charge in [0.2, 0.25) is 0 Å². The summed E-state index contributed by atoms with van der Waals surface area (Å²) in [5, 5.41) is 3.34. The molecule has 1 N–H and O–H groups in total. The average molecular weight is 145 g/mol. The number of hydrogen-bond acceptors (Lipinski definition) is 1. The van der Waals surface area contributed by atoms with Crippen LogP contribution in [0.15, 0.2) is 0 Å². The van der Waals surface area contributed by atoms with Crippen LogP contribution in [0.4, 0.5) is 0 Å². The summed E-state index contributed by atoms with van der Waals surface area (Å²) in [4.78, 5) is 0. The second-order valence-electron chi connectivity index (χ2n) is 2.59. The van der Waals surface area contributed by atoms with Crippen molar-refractivity contribution in [1.82, 2.24) is 5.32 Å².